The number of amides is 1. The van der Waals surface area contributed by atoms with Crippen molar-refractivity contribution in [1.29, 1.82) is 0 Å². The van der Waals surface area contributed by atoms with E-state index in [2.05, 4.69) is 33.4 Å². The van der Waals surface area contributed by atoms with Gasteiger partial charge in [0.2, 0.25) is 5.91 Å². The van der Waals surface area contributed by atoms with E-state index < -0.39 is 11.6 Å². The first-order chi connectivity index (χ1) is 17.4. The Balaban J connectivity index is 1.26. The molecule has 36 heavy (non-hydrogen) atoms. The maximum Gasteiger partial charge on any atom is 0.242 e. The molecule has 5 rings (SSSR count). The summed E-state index contributed by atoms with van der Waals surface area (Å²) in [6, 6.07) is 3.58. The Bertz CT molecular complexity index is 1330. The quantitative estimate of drug-likeness (QED) is 0.569. The topological polar surface area (TPSA) is 69.0 Å². The van der Waals surface area contributed by atoms with Gasteiger partial charge in [0, 0.05) is 70.3 Å². The minimum atomic E-state index is -0.600. The van der Waals surface area contributed by atoms with Crippen molar-refractivity contribution in [3.63, 3.8) is 0 Å². The zero-order chi connectivity index (χ0) is 25.2. The number of hydrogen-bond acceptors (Lipinski definition) is 6. The van der Waals surface area contributed by atoms with E-state index in [0.29, 0.717) is 37.5 Å². The van der Waals surface area contributed by atoms with Crippen LogP contribution in [0.3, 0.4) is 0 Å². The van der Waals surface area contributed by atoms with Gasteiger partial charge in [-0.3, -0.25) is 14.2 Å². The van der Waals surface area contributed by atoms with Crippen LogP contribution < -0.4 is 10.2 Å². The Labute approximate surface area is 208 Å². The number of carbonyl (C=O) groups is 1. The highest BCUT2D eigenvalue weighted by Gasteiger charge is 2.25. The molecule has 3 aromatic rings. The molecule has 0 bridgehead atoms. The fourth-order valence-electron chi connectivity index (χ4n) is 4.71. The number of nitrogens with zero attached hydrogens (tertiary/aromatic N) is 6. The molecular weight excluding hydrogens is 464 g/mol. The summed E-state index contributed by atoms with van der Waals surface area (Å²) in [5.74, 6) is -0.366. The maximum absolute atomic E-state index is 14.2. The van der Waals surface area contributed by atoms with Crippen molar-refractivity contribution in [2.45, 2.75) is 12.3 Å². The first-order valence-electron chi connectivity index (χ1n) is 12.0. The van der Waals surface area contributed by atoms with Crippen molar-refractivity contribution >= 4 is 23.1 Å². The summed E-state index contributed by atoms with van der Waals surface area (Å²) in [6.07, 6.45) is 12.5. The molecule has 2 aliphatic rings. The Morgan fingerprint density at radius 2 is 2.00 bits per heavy atom. The maximum atomic E-state index is 14.2. The van der Waals surface area contributed by atoms with E-state index >= 15 is 0 Å². The van der Waals surface area contributed by atoms with Gasteiger partial charge in [0.25, 0.3) is 0 Å². The highest BCUT2D eigenvalue weighted by atomic mass is 19.1. The number of aromatic nitrogens is 3. The molecule has 1 atom stereocenters. The minimum absolute atomic E-state index is 0.0434. The number of likely N-dealkylation sites (N-methyl/N-ethyl adjacent to an activating group) is 1. The molecule has 1 N–H and O–H groups in total. The molecule has 1 unspecified atom stereocenters. The number of anilines is 2. The molecule has 1 fully saturated rings. The number of halogens is 2. The van der Waals surface area contributed by atoms with Crippen molar-refractivity contribution < 1.29 is 13.6 Å². The number of piperazine rings is 1. The molecule has 2 aromatic heterocycles. The van der Waals surface area contributed by atoms with Crippen molar-refractivity contribution in [3.8, 4) is 0 Å². The number of imidazole rings is 1. The second-order valence-corrected chi connectivity index (χ2v) is 9.19. The first-order valence-corrected chi connectivity index (χ1v) is 12.0. The van der Waals surface area contributed by atoms with Crippen LogP contribution in [-0.4, -0.2) is 76.9 Å². The summed E-state index contributed by atoms with van der Waals surface area (Å²) in [6.45, 7) is 2.00. The number of allylic oxidation sites excluding steroid dienone is 3. The van der Waals surface area contributed by atoms with Crippen LogP contribution in [0, 0.1) is 11.6 Å². The molecule has 0 radical (unpaired) electrons. The normalized spacial score (nSPS) is 17.9. The summed E-state index contributed by atoms with van der Waals surface area (Å²) in [4.78, 5) is 27.7. The SMILES string of the molecule is CN(C)C1=CCC(c2nc3cnccn3c2NCC(=O)N2CCN(c3ccc(F)cc3F)CC2)C=C1. The smallest absolute Gasteiger partial charge is 0.242 e. The van der Waals surface area contributed by atoms with Crippen molar-refractivity contribution in [2.75, 3.05) is 57.0 Å². The predicted octanol–water partition coefficient (Wildman–Crippen LogP) is 3.26. The summed E-state index contributed by atoms with van der Waals surface area (Å²) < 4.78 is 29.3. The summed E-state index contributed by atoms with van der Waals surface area (Å²) in [5.41, 5.74) is 3.10. The highest BCUT2D eigenvalue weighted by Crippen LogP contribution is 2.32. The lowest BCUT2D eigenvalue weighted by molar-refractivity contribution is -0.129. The van der Waals surface area contributed by atoms with Gasteiger partial charge in [-0.1, -0.05) is 12.2 Å². The molecule has 0 spiro atoms. The number of fused-ring (bicyclic) bond motifs is 1. The van der Waals surface area contributed by atoms with Gasteiger partial charge in [0.05, 0.1) is 24.1 Å². The van der Waals surface area contributed by atoms with E-state index in [1.54, 1.807) is 17.3 Å². The van der Waals surface area contributed by atoms with Crippen LogP contribution in [-0.2, 0) is 4.79 Å². The van der Waals surface area contributed by atoms with Gasteiger partial charge in [-0.25, -0.2) is 13.8 Å². The van der Waals surface area contributed by atoms with E-state index in [1.165, 1.54) is 12.1 Å². The third kappa shape index (κ3) is 4.75. The van der Waals surface area contributed by atoms with Crippen molar-refractivity contribution in [2.24, 2.45) is 0 Å². The molecule has 188 valence electrons. The van der Waals surface area contributed by atoms with E-state index in [1.807, 2.05) is 29.6 Å². The third-order valence-electron chi connectivity index (χ3n) is 6.69. The van der Waals surface area contributed by atoms with E-state index in [9.17, 15) is 13.6 Å². The molecule has 3 heterocycles. The average Bonchev–Trinajstić information content (AvgIpc) is 3.26. The molecule has 8 nitrogen and oxygen atoms in total. The standard InChI is InChI=1S/C26H29F2N7O/c1-32(2)20-6-3-18(4-7-20)25-26(35-10-9-29-16-23(35)31-25)30-17-24(36)34-13-11-33(12-14-34)22-8-5-19(27)15-21(22)28/h3,5-10,15-16,18,30H,4,11-14,17H2,1-2H3. The Morgan fingerprint density at radius 1 is 1.19 bits per heavy atom. The molecule has 0 saturated carbocycles. The van der Waals surface area contributed by atoms with E-state index in [0.717, 1.165) is 29.7 Å². The molecular formula is C26H29F2N7O. The Hall–Kier alpha value is -3.95. The fraction of sp³-hybridized carbons (Fsp3) is 0.346. The van der Waals surface area contributed by atoms with Gasteiger partial charge >= 0.3 is 0 Å². The molecule has 1 aromatic carbocycles. The fourth-order valence-corrected chi connectivity index (χ4v) is 4.71. The second kappa shape index (κ2) is 9.96. The number of benzene rings is 1. The lowest BCUT2D eigenvalue weighted by Crippen LogP contribution is -2.50. The zero-order valence-electron chi connectivity index (χ0n) is 20.4. The van der Waals surface area contributed by atoms with E-state index in [-0.39, 0.29) is 18.4 Å². The average molecular weight is 494 g/mol. The Morgan fingerprint density at radius 3 is 2.69 bits per heavy atom. The lowest BCUT2D eigenvalue weighted by Gasteiger charge is -2.36. The number of nitrogens with one attached hydrogen (secondary N) is 1. The van der Waals surface area contributed by atoms with Gasteiger partial charge in [-0.05, 0) is 24.6 Å². The summed E-state index contributed by atoms with van der Waals surface area (Å²) in [7, 11) is 4.03. The van der Waals surface area contributed by atoms with Crippen LogP contribution in [0.1, 0.15) is 18.0 Å². The van der Waals surface area contributed by atoms with Gasteiger partial charge in [0.1, 0.15) is 17.5 Å². The molecule has 1 aliphatic carbocycles. The molecule has 1 amide bonds. The van der Waals surface area contributed by atoms with Gasteiger partial charge in [-0.2, -0.15) is 0 Å². The minimum Gasteiger partial charge on any atom is -0.378 e. The van der Waals surface area contributed by atoms with Gasteiger partial charge in [-0.15, -0.1) is 0 Å². The highest BCUT2D eigenvalue weighted by molar-refractivity contribution is 5.81. The van der Waals surface area contributed by atoms with Crippen LogP contribution in [0.4, 0.5) is 20.3 Å². The first kappa shape index (κ1) is 23.8. The monoisotopic (exact) mass is 493 g/mol. The van der Waals surface area contributed by atoms with Crippen LogP contribution in [0.5, 0.6) is 0 Å². The third-order valence-corrected chi connectivity index (χ3v) is 6.69. The van der Waals surface area contributed by atoms with E-state index in [4.69, 9.17) is 4.98 Å². The molecule has 1 saturated heterocycles. The number of carbonyl (C=O) groups excluding carboxylic acids is 1. The van der Waals surface area contributed by atoms with Crippen molar-refractivity contribution in [1.82, 2.24) is 24.2 Å². The van der Waals surface area contributed by atoms with Gasteiger partial charge < -0.3 is 20.0 Å². The van der Waals surface area contributed by atoms with Crippen LogP contribution in [0.25, 0.3) is 5.65 Å². The summed E-state index contributed by atoms with van der Waals surface area (Å²) >= 11 is 0. The lowest BCUT2D eigenvalue weighted by atomic mass is 9.95. The number of hydrogen-bond donors (Lipinski definition) is 1. The number of rotatable bonds is 6. The molecule has 10 heteroatoms. The second-order valence-electron chi connectivity index (χ2n) is 9.19. The van der Waals surface area contributed by atoms with Crippen LogP contribution >= 0.6 is 0 Å². The predicted molar refractivity (Wildman–Crippen MR) is 135 cm³/mol. The molecule has 1 aliphatic heterocycles. The Kier molecular flexibility index (Phi) is 6.58. The van der Waals surface area contributed by atoms with Gasteiger partial charge in [0.15, 0.2) is 5.65 Å². The largest absolute Gasteiger partial charge is 0.378 e. The zero-order valence-corrected chi connectivity index (χ0v) is 20.4. The van der Waals surface area contributed by atoms with Crippen molar-refractivity contribution in [3.05, 3.63) is 78.0 Å². The van der Waals surface area contributed by atoms with Crippen LogP contribution in [0.2, 0.25) is 0 Å². The van der Waals surface area contributed by atoms with Crippen LogP contribution in [0.15, 0.2) is 60.7 Å². The summed E-state index contributed by atoms with van der Waals surface area (Å²) in [5, 5.41) is 3.32.